The monoisotopic (exact) mass is 281 g/mol. The molecule has 0 amide bonds. The molecule has 4 atom stereocenters. The molecular formula is C18H35NO. The summed E-state index contributed by atoms with van der Waals surface area (Å²) in [6.45, 7) is 6.72. The molecule has 1 saturated heterocycles. The molecule has 1 N–H and O–H groups in total. The fourth-order valence-electron chi connectivity index (χ4n) is 4.36. The molecule has 0 aromatic carbocycles. The van der Waals surface area contributed by atoms with Crippen LogP contribution < -0.4 is 5.32 Å². The number of hydrogen-bond donors (Lipinski definition) is 1. The molecule has 4 unspecified atom stereocenters. The van der Waals surface area contributed by atoms with Crippen LogP contribution in [0.25, 0.3) is 0 Å². The third-order valence-electron chi connectivity index (χ3n) is 5.38. The van der Waals surface area contributed by atoms with E-state index in [1.54, 1.807) is 0 Å². The number of rotatable bonds is 8. The second-order valence-electron chi connectivity index (χ2n) is 6.96. The van der Waals surface area contributed by atoms with Gasteiger partial charge in [-0.05, 0) is 63.3 Å². The summed E-state index contributed by atoms with van der Waals surface area (Å²) in [4.78, 5) is 0. The van der Waals surface area contributed by atoms with Crippen LogP contribution in [-0.2, 0) is 4.74 Å². The topological polar surface area (TPSA) is 21.3 Å². The smallest absolute Gasteiger partial charge is 0.0576 e. The van der Waals surface area contributed by atoms with Crippen molar-refractivity contribution >= 4 is 0 Å². The Bertz CT molecular complexity index is 250. The van der Waals surface area contributed by atoms with E-state index in [4.69, 9.17) is 4.74 Å². The van der Waals surface area contributed by atoms with E-state index in [2.05, 4.69) is 19.2 Å². The Balaban J connectivity index is 1.73. The highest BCUT2D eigenvalue weighted by atomic mass is 16.5. The van der Waals surface area contributed by atoms with E-state index >= 15 is 0 Å². The van der Waals surface area contributed by atoms with E-state index in [9.17, 15) is 0 Å². The maximum absolute atomic E-state index is 5.76. The van der Waals surface area contributed by atoms with Crippen LogP contribution in [0, 0.1) is 11.8 Å². The first kappa shape index (κ1) is 16.3. The molecule has 1 heterocycles. The van der Waals surface area contributed by atoms with Crippen molar-refractivity contribution in [1.29, 1.82) is 0 Å². The fourth-order valence-corrected chi connectivity index (χ4v) is 4.36. The van der Waals surface area contributed by atoms with Crippen molar-refractivity contribution in [3.63, 3.8) is 0 Å². The minimum atomic E-state index is 0.586. The molecule has 2 rings (SSSR count). The molecular weight excluding hydrogens is 246 g/mol. The minimum absolute atomic E-state index is 0.586. The van der Waals surface area contributed by atoms with Crippen LogP contribution in [0.5, 0.6) is 0 Å². The average molecular weight is 281 g/mol. The van der Waals surface area contributed by atoms with Crippen molar-refractivity contribution < 1.29 is 4.74 Å². The second kappa shape index (κ2) is 9.04. The van der Waals surface area contributed by atoms with Crippen molar-refractivity contribution in [1.82, 2.24) is 5.32 Å². The largest absolute Gasteiger partial charge is 0.378 e. The highest BCUT2D eigenvalue weighted by Crippen LogP contribution is 2.35. The summed E-state index contributed by atoms with van der Waals surface area (Å²) in [5.74, 6) is 1.92. The minimum Gasteiger partial charge on any atom is -0.378 e. The van der Waals surface area contributed by atoms with Gasteiger partial charge in [0, 0.05) is 12.6 Å². The number of nitrogens with one attached hydrogen (secondary N) is 1. The van der Waals surface area contributed by atoms with Crippen molar-refractivity contribution in [3.8, 4) is 0 Å². The molecule has 2 nitrogen and oxygen atoms in total. The maximum Gasteiger partial charge on any atom is 0.0576 e. The van der Waals surface area contributed by atoms with Crippen molar-refractivity contribution in [2.24, 2.45) is 11.8 Å². The van der Waals surface area contributed by atoms with Crippen molar-refractivity contribution in [2.45, 2.75) is 90.2 Å². The van der Waals surface area contributed by atoms with Gasteiger partial charge >= 0.3 is 0 Å². The van der Waals surface area contributed by atoms with Gasteiger partial charge in [0.25, 0.3) is 0 Å². The van der Waals surface area contributed by atoms with E-state index in [1.165, 1.54) is 64.2 Å². The van der Waals surface area contributed by atoms with Gasteiger partial charge in [-0.2, -0.15) is 0 Å². The van der Waals surface area contributed by atoms with Crippen LogP contribution in [0.4, 0.5) is 0 Å². The SMILES string of the molecule is CCCC1CCC(NCC)C(CCCC2CCCO2)C1. The van der Waals surface area contributed by atoms with E-state index in [1.807, 2.05) is 0 Å². The van der Waals surface area contributed by atoms with Crippen LogP contribution in [0.3, 0.4) is 0 Å². The van der Waals surface area contributed by atoms with Crippen LogP contribution in [0.1, 0.15) is 78.1 Å². The summed E-state index contributed by atoms with van der Waals surface area (Å²) >= 11 is 0. The first-order valence-electron chi connectivity index (χ1n) is 9.18. The predicted octanol–water partition coefficient (Wildman–Crippen LogP) is 4.53. The third kappa shape index (κ3) is 5.04. The first-order chi connectivity index (χ1) is 9.83. The molecule has 2 fully saturated rings. The number of hydrogen-bond acceptors (Lipinski definition) is 2. The first-order valence-corrected chi connectivity index (χ1v) is 9.18. The molecule has 1 aliphatic heterocycles. The molecule has 0 aromatic heterocycles. The van der Waals surface area contributed by atoms with Gasteiger partial charge in [0.05, 0.1) is 6.10 Å². The molecule has 20 heavy (non-hydrogen) atoms. The zero-order chi connectivity index (χ0) is 14.2. The quantitative estimate of drug-likeness (QED) is 0.706. The summed E-state index contributed by atoms with van der Waals surface area (Å²) in [6.07, 6.45) is 14.4. The summed E-state index contributed by atoms with van der Waals surface area (Å²) < 4.78 is 5.76. The molecule has 0 radical (unpaired) electrons. The van der Waals surface area contributed by atoms with E-state index in [-0.39, 0.29) is 0 Å². The second-order valence-corrected chi connectivity index (χ2v) is 6.96. The Kier molecular flexibility index (Phi) is 7.37. The molecule has 0 aromatic rings. The highest BCUT2D eigenvalue weighted by Gasteiger charge is 2.29. The highest BCUT2D eigenvalue weighted by molar-refractivity contribution is 4.84. The summed E-state index contributed by atoms with van der Waals surface area (Å²) in [5, 5.41) is 3.74. The van der Waals surface area contributed by atoms with Crippen molar-refractivity contribution in [3.05, 3.63) is 0 Å². The lowest BCUT2D eigenvalue weighted by Gasteiger charge is -2.37. The summed E-state index contributed by atoms with van der Waals surface area (Å²) in [7, 11) is 0. The molecule has 118 valence electrons. The lowest BCUT2D eigenvalue weighted by molar-refractivity contribution is 0.0973. The van der Waals surface area contributed by atoms with Crippen LogP contribution in [0.15, 0.2) is 0 Å². The lowest BCUT2D eigenvalue weighted by Crippen LogP contribution is -2.40. The molecule has 2 aliphatic rings. The zero-order valence-electron chi connectivity index (χ0n) is 13.7. The molecule has 2 heteroatoms. The Morgan fingerprint density at radius 1 is 1.05 bits per heavy atom. The van der Waals surface area contributed by atoms with Gasteiger partial charge in [0.15, 0.2) is 0 Å². The van der Waals surface area contributed by atoms with E-state index in [0.29, 0.717) is 6.10 Å². The normalized spacial score (nSPS) is 34.5. The average Bonchev–Trinajstić information content (AvgIpc) is 2.95. The Labute approximate surface area is 126 Å². The summed E-state index contributed by atoms with van der Waals surface area (Å²) in [6, 6.07) is 0.789. The van der Waals surface area contributed by atoms with Gasteiger partial charge in [-0.15, -0.1) is 0 Å². The molecule has 0 spiro atoms. The lowest BCUT2D eigenvalue weighted by atomic mass is 9.74. The van der Waals surface area contributed by atoms with Crippen molar-refractivity contribution in [2.75, 3.05) is 13.2 Å². The Hall–Kier alpha value is -0.0800. The fraction of sp³-hybridized carbons (Fsp3) is 1.00. The molecule has 1 saturated carbocycles. The van der Waals surface area contributed by atoms with Gasteiger partial charge in [0.2, 0.25) is 0 Å². The standard InChI is InChI=1S/C18H35NO/c1-3-7-15-11-12-18(19-4-2)16(14-15)8-5-9-17-10-6-13-20-17/h15-19H,3-14H2,1-2H3. The Morgan fingerprint density at radius 2 is 1.95 bits per heavy atom. The van der Waals surface area contributed by atoms with Crippen LogP contribution >= 0.6 is 0 Å². The van der Waals surface area contributed by atoms with Crippen LogP contribution in [0.2, 0.25) is 0 Å². The van der Waals surface area contributed by atoms with Gasteiger partial charge in [-0.25, -0.2) is 0 Å². The third-order valence-corrected chi connectivity index (χ3v) is 5.38. The molecule has 1 aliphatic carbocycles. The summed E-state index contributed by atoms with van der Waals surface area (Å²) in [5.41, 5.74) is 0. The van der Waals surface area contributed by atoms with E-state index < -0.39 is 0 Å². The van der Waals surface area contributed by atoms with E-state index in [0.717, 1.165) is 31.0 Å². The Morgan fingerprint density at radius 3 is 2.65 bits per heavy atom. The van der Waals surface area contributed by atoms with Crippen LogP contribution in [-0.4, -0.2) is 25.3 Å². The molecule has 0 bridgehead atoms. The van der Waals surface area contributed by atoms with Gasteiger partial charge in [0.1, 0.15) is 0 Å². The van der Waals surface area contributed by atoms with Gasteiger partial charge in [-0.1, -0.05) is 33.1 Å². The predicted molar refractivity (Wildman–Crippen MR) is 86.0 cm³/mol. The maximum atomic E-state index is 5.76. The van der Waals surface area contributed by atoms with Gasteiger partial charge < -0.3 is 10.1 Å². The number of ether oxygens (including phenoxy) is 1. The van der Waals surface area contributed by atoms with Gasteiger partial charge in [-0.3, -0.25) is 0 Å². The zero-order valence-corrected chi connectivity index (χ0v) is 13.7.